The highest BCUT2D eigenvalue weighted by Crippen LogP contribution is 2.16. The number of hydrogen-bond donors (Lipinski definition) is 2. The molecule has 0 saturated carbocycles. The van der Waals surface area contributed by atoms with Crippen LogP contribution in [0.25, 0.3) is 0 Å². The predicted octanol–water partition coefficient (Wildman–Crippen LogP) is 3.44. The third-order valence-electron chi connectivity index (χ3n) is 4.48. The van der Waals surface area contributed by atoms with Crippen molar-refractivity contribution >= 4 is 21.6 Å². The number of nitrogens with one attached hydrogen (secondary N) is 2. The monoisotopic (exact) mass is 382 g/mol. The molecule has 0 aliphatic carbocycles. The van der Waals surface area contributed by atoms with Crippen LogP contribution in [-0.2, 0) is 19.6 Å². The van der Waals surface area contributed by atoms with Gasteiger partial charge in [0.2, 0.25) is 15.9 Å². The van der Waals surface area contributed by atoms with Gasteiger partial charge in [-0.05, 0) is 43.5 Å². The third-order valence-corrected chi connectivity index (χ3v) is 5.92. The van der Waals surface area contributed by atoms with Crippen molar-refractivity contribution in [3.63, 3.8) is 0 Å². The average molecular weight is 383 g/mol. The normalized spacial score (nSPS) is 17.3. The molecular weight excluding hydrogens is 352 g/mol. The zero-order valence-corrected chi connectivity index (χ0v) is 16.3. The molecule has 2 rings (SSSR count). The zero-order chi connectivity index (χ0) is 18.8. The summed E-state index contributed by atoms with van der Waals surface area (Å²) in [5.74, 6) is -0.0337. The smallest absolute Gasteiger partial charge is 0.240 e. The summed E-state index contributed by atoms with van der Waals surface area (Å²) in [6.07, 6.45) is 7.80. The van der Waals surface area contributed by atoms with E-state index >= 15 is 0 Å². The fourth-order valence-electron chi connectivity index (χ4n) is 2.92. The SMILES string of the molecule is CCCCCCCC(=O)Nc1ccc(S(=O)(=O)NCC2CCCO2)cc1. The van der Waals surface area contributed by atoms with E-state index in [1.165, 1.54) is 25.0 Å². The highest BCUT2D eigenvalue weighted by Gasteiger charge is 2.20. The number of amides is 1. The minimum absolute atomic E-state index is 0.0337. The lowest BCUT2D eigenvalue weighted by atomic mass is 10.1. The lowest BCUT2D eigenvalue weighted by Gasteiger charge is -2.12. The Balaban J connectivity index is 1.78. The molecule has 1 aliphatic heterocycles. The van der Waals surface area contributed by atoms with Gasteiger partial charge in [-0.2, -0.15) is 0 Å². The van der Waals surface area contributed by atoms with Gasteiger partial charge in [0.15, 0.2) is 0 Å². The third kappa shape index (κ3) is 7.05. The molecule has 1 heterocycles. The molecule has 1 fully saturated rings. The quantitative estimate of drug-likeness (QED) is 0.574. The van der Waals surface area contributed by atoms with Crippen LogP contribution in [0.2, 0.25) is 0 Å². The van der Waals surface area contributed by atoms with Crippen LogP contribution in [0.3, 0.4) is 0 Å². The van der Waals surface area contributed by atoms with Gasteiger partial charge in [-0.3, -0.25) is 4.79 Å². The first-order valence-electron chi connectivity index (χ1n) is 9.52. The standard InChI is InChI=1S/C19H30N2O4S/c1-2-3-4-5-6-9-19(22)21-16-10-12-18(13-11-16)26(23,24)20-15-17-8-7-14-25-17/h10-13,17,20H,2-9,14-15H2,1H3,(H,21,22). The lowest BCUT2D eigenvalue weighted by Crippen LogP contribution is -2.31. The van der Waals surface area contributed by atoms with E-state index in [1.54, 1.807) is 12.1 Å². The van der Waals surface area contributed by atoms with Crippen LogP contribution in [0, 0.1) is 0 Å². The van der Waals surface area contributed by atoms with Crippen LogP contribution in [-0.4, -0.2) is 33.6 Å². The van der Waals surface area contributed by atoms with E-state index in [4.69, 9.17) is 4.74 Å². The molecular formula is C19H30N2O4S. The van der Waals surface area contributed by atoms with Crippen molar-refractivity contribution in [1.29, 1.82) is 0 Å². The molecule has 6 nitrogen and oxygen atoms in total. The molecule has 26 heavy (non-hydrogen) atoms. The molecule has 2 N–H and O–H groups in total. The van der Waals surface area contributed by atoms with E-state index in [1.807, 2.05) is 0 Å². The fraction of sp³-hybridized carbons (Fsp3) is 0.632. The summed E-state index contributed by atoms with van der Waals surface area (Å²) in [5.41, 5.74) is 0.613. The van der Waals surface area contributed by atoms with Gasteiger partial charge < -0.3 is 10.1 Å². The van der Waals surface area contributed by atoms with E-state index < -0.39 is 10.0 Å². The van der Waals surface area contributed by atoms with Crippen LogP contribution in [0.5, 0.6) is 0 Å². The number of hydrogen-bond acceptors (Lipinski definition) is 4. The molecule has 146 valence electrons. The largest absolute Gasteiger partial charge is 0.377 e. The maximum atomic E-state index is 12.3. The predicted molar refractivity (Wildman–Crippen MR) is 103 cm³/mol. The highest BCUT2D eigenvalue weighted by atomic mass is 32.2. The summed E-state index contributed by atoms with van der Waals surface area (Å²) < 4.78 is 32.6. The van der Waals surface area contributed by atoms with Crippen molar-refractivity contribution in [3.05, 3.63) is 24.3 Å². The Labute approximate surface area is 156 Å². The fourth-order valence-corrected chi connectivity index (χ4v) is 3.99. The van der Waals surface area contributed by atoms with Gasteiger partial charge in [-0.15, -0.1) is 0 Å². The molecule has 1 saturated heterocycles. The molecule has 0 spiro atoms. The van der Waals surface area contributed by atoms with Crippen molar-refractivity contribution in [2.24, 2.45) is 0 Å². The summed E-state index contributed by atoms with van der Waals surface area (Å²) in [5, 5.41) is 2.81. The van der Waals surface area contributed by atoms with Crippen LogP contribution in [0.4, 0.5) is 5.69 Å². The number of rotatable bonds is 11. The highest BCUT2D eigenvalue weighted by molar-refractivity contribution is 7.89. The van der Waals surface area contributed by atoms with E-state index in [2.05, 4.69) is 17.0 Å². The Bertz CT molecular complexity index is 653. The molecule has 1 aromatic carbocycles. The molecule has 1 aliphatic rings. The van der Waals surface area contributed by atoms with Gasteiger partial charge in [-0.1, -0.05) is 32.6 Å². The van der Waals surface area contributed by atoms with E-state index in [9.17, 15) is 13.2 Å². The molecule has 1 atom stereocenters. The molecule has 1 unspecified atom stereocenters. The minimum atomic E-state index is -3.56. The molecule has 0 bridgehead atoms. The van der Waals surface area contributed by atoms with Crippen LogP contribution < -0.4 is 10.0 Å². The summed E-state index contributed by atoms with van der Waals surface area (Å²) in [4.78, 5) is 12.1. The molecule has 0 aromatic heterocycles. The number of sulfonamides is 1. The molecule has 1 amide bonds. The number of benzene rings is 1. The Morgan fingerprint density at radius 3 is 2.54 bits per heavy atom. The molecule has 0 radical (unpaired) electrons. The van der Waals surface area contributed by atoms with Gasteiger partial charge in [-0.25, -0.2) is 13.1 Å². The van der Waals surface area contributed by atoms with Gasteiger partial charge >= 0.3 is 0 Å². The lowest BCUT2D eigenvalue weighted by molar-refractivity contribution is -0.116. The van der Waals surface area contributed by atoms with Crippen molar-refractivity contribution < 1.29 is 17.9 Å². The first-order chi connectivity index (χ1) is 12.5. The van der Waals surface area contributed by atoms with Crippen molar-refractivity contribution in [2.45, 2.75) is 69.3 Å². The second kappa shape index (κ2) is 10.6. The van der Waals surface area contributed by atoms with Gasteiger partial charge in [0, 0.05) is 25.3 Å². The summed E-state index contributed by atoms with van der Waals surface area (Å²) in [6.45, 7) is 3.15. The minimum Gasteiger partial charge on any atom is -0.377 e. The summed E-state index contributed by atoms with van der Waals surface area (Å²) >= 11 is 0. The van der Waals surface area contributed by atoms with Crippen molar-refractivity contribution in [2.75, 3.05) is 18.5 Å². The van der Waals surface area contributed by atoms with Gasteiger partial charge in [0.1, 0.15) is 0 Å². The second-order valence-electron chi connectivity index (χ2n) is 6.72. The number of anilines is 1. The topological polar surface area (TPSA) is 84.5 Å². The molecule has 7 heteroatoms. The van der Waals surface area contributed by atoms with Crippen LogP contribution in [0.15, 0.2) is 29.2 Å². The first-order valence-corrected chi connectivity index (χ1v) is 11.0. The Hall–Kier alpha value is -1.44. The maximum Gasteiger partial charge on any atom is 0.240 e. The van der Waals surface area contributed by atoms with E-state index in [0.29, 0.717) is 25.3 Å². The summed E-state index contributed by atoms with van der Waals surface area (Å²) in [7, 11) is -3.56. The van der Waals surface area contributed by atoms with Crippen molar-refractivity contribution in [1.82, 2.24) is 4.72 Å². The van der Waals surface area contributed by atoms with Crippen LogP contribution >= 0.6 is 0 Å². The second-order valence-corrected chi connectivity index (χ2v) is 8.49. The Morgan fingerprint density at radius 1 is 1.15 bits per heavy atom. The summed E-state index contributed by atoms with van der Waals surface area (Å²) in [6, 6.07) is 6.26. The Kier molecular flexibility index (Phi) is 8.54. The van der Waals surface area contributed by atoms with Crippen LogP contribution in [0.1, 0.15) is 58.3 Å². The van der Waals surface area contributed by atoms with E-state index in [0.717, 1.165) is 32.1 Å². The van der Waals surface area contributed by atoms with E-state index in [-0.39, 0.29) is 16.9 Å². The average Bonchev–Trinajstić information content (AvgIpc) is 3.14. The van der Waals surface area contributed by atoms with Crippen molar-refractivity contribution in [3.8, 4) is 0 Å². The zero-order valence-electron chi connectivity index (χ0n) is 15.5. The number of unbranched alkanes of at least 4 members (excludes halogenated alkanes) is 4. The number of carbonyl (C=O) groups excluding carboxylic acids is 1. The molecule has 1 aromatic rings. The van der Waals surface area contributed by atoms with Gasteiger partial charge in [0.25, 0.3) is 0 Å². The number of carbonyl (C=O) groups is 1. The Morgan fingerprint density at radius 2 is 1.88 bits per heavy atom. The maximum absolute atomic E-state index is 12.3. The first kappa shape index (κ1) is 20.9. The van der Waals surface area contributed by atoms with Gasteiger partial charge in [0.05, 0.1) is 11.0 Å². The number of ether oxygens (including phenoxy) is 1.